The summed E-state index contributed by atoms with van der Waals surface area (Å²) in [5, 5.41) is 37.0. The van der Waals surface area contributed by atoms with Crippen LogP contribution in [0, 0.1) is 0 Å². The van der Waals surface area contributed by atoms with Crippen LogP contribution in [0.1, 0.15) is 44.6 Å². The molecule has 0 aliphatic rings. The molecule has 0 bridgehead atoms. The van der Waals surface area contributed by atoms with Crippen molar-refractivity contribution in [3.05, 3.63) is 35.9 Å². The Morgan fingerprint density at radius 3 is 1.89 bits per heavy atom. The van der Waals surface area contributed by atoms with Crippen LogP contribution in [0.2, 0.25) is 0 Å². The molecule has 0 aliphatic heterocycles. The lowest BCUT2D eigenvalue weighted by molar-refractivity contribution is -0.142. The molecule has 4 amide bonds. The van der Waals surface area contributed by atoms with Crippen LogP contribution in [0.5, 0.6) is 0 Å². The first kappa shape index (κ1) is 37.8. The molecular formula is C27H40N8O10. The summed E-state index contributed by atoms with van der Waals surface area (Å²) in [4.78, 5) is 89.2. The maximum atomic E-state index is 13.3. The van der Waals surface area contributed by atoms with E-state index in [1.807, 2.05) is 0 Å². The molecule has 0 saturated carbocycles. The second-order valence-electron chi connectivity index (χ2n) is 10.0. The molecule has 1 rings (SSSR count). The first-order chi connectivity index (χ1) is 21.1. The quantitative estimate of drug-likeness (QED) is 0.0388. The lowest BCUT2D eigenvalue weighted by atomic mass is 10.0. The van der Waals surface area contributed by atoms with E-state index < -0.39 is 91.0 Å². The average Bonchev–Trinajstić information content (AvgIpc) is 2.95. The van der Waals surface area contributed by atoms with Crippen LogP contribution in [0.3, 0.4) is 0 Å². The molecule has 0 radical (unpaired) electrons. The molecule has 5 atom stereocenters. The van der Waals surface area contributed by atoms with Crippen molar-refractivity contribution in [1.82, 2.24) is 21.3 Å². The van der Waals surface area contributed by atoms with Gasteiger partial charge in [0.25, 0.3) is 0 Å². The lowest BCUT2D eigenvalue weighted by Gasteiger charge is -2.25. The fourth-order valence-corrected chi connectivity index (χ4v) is 3.86. The van der Waals surface area contributed by atoms with E-state index in [-0.39, 0.29) is 31.8 Å². The van der Waals surface area contributed by atoms with Crippen LogP contribution >= 0.6 is 0 Å². The van der Waals surface area contributed by atoms with Crippen LogP contribution in [-0.4, -0.2) is 99.6 Å². The van der Waals surface area contributed by atoms with Crippen molar-refractivity contribution in [2.75, 3.05) is 6.54 Å². The summed E-state index contributed by atoms with van der Waals surface area (Å²) < 4.78 is 0. The maximum Gasteiger partial charge on any atom is 0.326 e. The number of carboxylic acid groups (broad SMARTS) is 3. The van der Waals surface area contributed by atoms with E-state index in [2.05, 4.69) is 26.3 Å². The first-order valence-electron chi connectivity index (χ1n) is 13.8. The Hall–Kier alpha value is -5.26. The average molecular weight is 637 g/mol. The zero-order chi connectivity index (χ0) is 34.1. The van der Waals surface area contributed by atoms with Crippen molar-refractivity contribution in [2.24, 2.45) is 22.2 Å². The van der Waals surface area contributed by atoms with Gasteiger partial charge in [-0.25, -0.2) is 4.79 Å². The second kappa shape index (κ2) is 19.1. The van der Waals surface area contributed by atoms with E-state index in [0.29, 0.717) is 5.56 Å². The predicted molar refractivity (Wildman–Crippen MR) is 158 cm³/mol. The highest BCUT2D eigenvalue weighted by Crippen LogP contribution is 2.08. The van der Waals surface area contributed by atoms with Gasteiger partial charge in [-0.15, -0.1) is 0 Å². The summed E-state index contributed by atoms with van der Waals surface area (Å²) in [6, 6.07) is 1.45. The number of amides is 4. The molecule has 1 aromatic rings. The molecule has 0 aromatic heterocycles. The Kier molecular flexibility index (Phi) is 16.0. The van der Waals surface area contributed by atoms with E-state index in [1.165, 1.54) is 6.92 Å². The molecule has 13 N–H and O–H groups in total. The molecule has 248 valence electrons. The monoisotopic (exact) mass is 636 g/mol. The Bertz CT molecular complexity index is 1240. The van der Waals surface area contributed by atoms with Gasteiger partial charge in [0.05, 0.1) is 12.5 Å². The number of benzene rings is 1. The Balaban J connectivity index is 3.13. The highest BCUT2D eigenvalue weighted by atomic mass is 16.4. The highest BCUT2D eigenvalue weighted by Gasteiger charge is 2.31. The largest absolute Gasteiger partial charge is 0.481 e. The Morgan fingerprint density at radius 1 is 0.756 bits per heavy atom. The molecule has 0 aliphatic carbocycles. The van der Waals surface area contributed by atoms with Crippen LogP contribution in [0.4, 0.5) is 0 Å². The minimum Gasteiger partial charge on any atom is -0.481 e. The first-order valence-corrected chi connectivity index (χ1v) is 13.8. The third kappa shape index (κ3) is 15.2. The van der Waals surface area contributed by atoms with Crippen LogP contribution < -0.4 is 38.5 Å². The summed E-state index contributed by atoms with van der Waals surface area (Å²) in [6.45, 7) is 1.35. The lowest BCUT2D eigenvalue weighted by Crippen LogP contribution is -2.58. The van der Waals surface area contributed by atoms with E-state index in [4.69, 9.17) is 27.4 Å². The Morgan fingerprint density at radius 2 is 1.33 bits per heavy atom. The summed E-state index contributed by atoms with van der Waals surface area (Å²) in [7, 11) is 0. The fraction of sp³-hybridized carbons (Fsp3) is 0.481. The number of carbonyl (C=O) groups excluding carboxylic acids is 4. The van der Waals surface area contributed by atoms with Crippen molar-refractivity contribution < 1.29 is 48.9 Å². The summed E-state index contributed by atoms with van der Waals surface area (Å²) >= 11 is 0. The van der Waals surface area contributed by atoms with E-state index in [9.17, 15) is 38.7 Å². The van der Waals surface area contributed by atoms with E-state index in [0.717, 1.165) is 0 Å². The standard InChI is InChI=1S/C27H40N8O10/c1-14(32-23(41)16(28)13-21(38)39)22(40)33-17(9-10-20(36)37)24(42)35-19(12-15-6-3-2-4-7-15)25(43)34-18(26(44)45)8-5-11-31-27(29)30/h2-4,6-7,14,16-19H,5,8-13,28H2,1H3,(H,32,41)(H,33,40)(H,34,43)(H,35,42)(H,36,37)(H,38,39)(H,44,45)(H4,29,30,31)/t14-,16-,17+,18+,19+/m1/s1. The van der Waals surface area contributed by atoms with Gasteiger partial charge in [0.15, 0.2) is 5.96 Å². The topological polar surface area (TPSA) is 319 Å². The third-order valence-electron chi connectivity index (χ3n) is 6.24. The number of rotatable bonds is 20. The van der Waals surface area contributed by atoms with E-state index >= 15 is 0 Å². The van der Waals surface area contributed by atoms with Gasteiger partial charge in [-0.05, 0) is 31.7 Å². The zero-order valence-electron chi connectivity index (χ0n) is 24.6. The number of hydrogen-bond donors (Lipinski definition) is 10. The van der Waals surface area contributed by atoms with E-state index in [1.54, 1.807) is 30.3 Å². The number of guanidine groups is 1. The minimum atomic E-state index is -1.50. The molecule has 18 heteroatoms. The van der Waals surface area contributed by atoms with Gasteiger partial charge in [0.2, 0.25) is 23.6 Å². The predicted octanol–water partition coefficient (Wildman–Crippen LogP) is -3.01. The van der Waals surface area contributed by atoms with Crippen molar-refractivity contribution in [1.29, 1.82) is 0 Å². The Labute approximate surface area is 258 Å². The van der Waals surface area contributed by atoms with Gasteiger partial charge in [0.1, 0.15) is 24.2 Å². The molecular weight excluding hydrogens is 596 g/mol. The van der Waals surface area contributed by atoms with Gasteiger partial charge in [-0.1, -0.05) is 30.3 Å². The molecule has 45 heavy (non-hydrogen) atoms. The van der Waals surface area contributed by atoms with Crippen molar-refractivity contribution in [3.63, 3.8) is 0 Å². The van der Waals surface area contributed by atoms with Gasteiger partial charge in [-0.2, -0.15) is 0 Å². The van der Waals surface area contributed by atoms with Gasteiger partial charge in [0, 0.05) is 19.4 Å². The molecule has 0 saturated heterocycles. The van der Waals surface area contributed by atoms with Crippen LogP contribution in [0.15, 0.2) is 35.3 Å². The maximum absolute atomic E-state index is 13.3. The molecule has 0 heterocycles. The normalized spacial score (nSPS) is 13.9. The molecule has 0 fully saturated rings. The van der Waals surface area contributed by atoms with Crippen molar-refractivity contribution in [2.45, 2.75) is 75.7 Å². The van der Waals surface area contributed by atoms with Crippen LogP contribution in [0.25, 0.3) is 0 Å². The summed E-state index contributed by atoms with van der Waals surface area (Å²) in [5.41, 5.74) is 16.6. The van der Waals surface area contributed by atoms with Crippen molar-refractivity contribution in [3.8, 4) is 0 Å². The number of nitrogens with one attached hydrogen (secondary N) is 4. The van der Waals surface area contributed by atoms with Gasteiger partial charge < -0.3 is 53.8 Å². The number of carboxylic acids is 3. The number of carbonyl (C=O) groups is 7. The molecule has 18 nitrogen and oxygen atoms in total. The zero-order valence-corrected chi connectivity index (χ0v) is 24.6. The second-order valence-corrected chi connectivity index (χ2v) is 10.0. The van der Waals surface area contributed by atoms with Gasteiger partial charge >= 0.3 is 17.9 Å². The number of aliphatic carboxylic acids is 3. The molecule has 0 unspecified atom stereocenters. The smallest absolute Gasteiger partial charge is 0.326 e. The number of aliphatic imine (C=N–C) groups is 1. The SMILES string of the molecule is C[C@@H](NC(=O)[C@H](N)CC(=O)O)C(=O)N[C@@H](CCC(=O)O)C(=O)N[C@@H](Cc1ccccc1)C(=O)N[C@@H](CCCN=C(N)N)C(=O)O. The number of hydrogen-bond acceptors (Lipinski definition) is 9. The highest BCUT2D eigenvalue weighted by molar-refractivity contribution is 5.96. The fourth-order valence-electron chi connectivity index (χ4n) is 3.86. The minimum absolute atomic E-state index is 0.0408. The van der Waals surface area contributed by atoms with Gasteiger partial charge in [-0.3, -0.25) is 33.8 Å². The van der Waals surface area contributed by atoms with Crippen LogP contribution in [-0.2, 0) is 40.0 Å². The summed E-state index contributed by atoms with van der Waals surface area (Å²) in [6.07, 6.45) is -1.59. The molecule has 1 aromatic carbocycles. The molecule has 0 spiro atoms. The summed E-state index contributed by atoms with van der Waals surface area (Å²) in [5.74, 6) is -7.84. The van der Waals surface area contributed by atoms with Crippen molar-refractivity contribution >= 4 is 47.5 Å². The number of nitrogens with two attached hydrogens (primary N) is 3. The number of nitrogens with zero attached hydrogens (tertiary/aromatic N) is 1. The third-order valence-corrected chi connectivity index (χ3v) is 6.24.